The number of nitrogens with one attached hydrogen (secondary N) is 2. The van der Waals surface area contributed by atoms with Crippen molar-refractivity contribution in [1.29, 1.82) is 0 Å². The molecule has 3 aliphatic heterocycles. The quantitative estimate of drug-likeness (QED) is 0.0199. The third-order valence-corrected chi connectivity index (χ3v) is 24.5. The van der Waals surface area contributed by atoms with Gasteiger partial charge in [0.05, 0.1) is 50.7 Å². The molecule has 18 atom stereocenters. The lowest BCUT2D eigenvalue weighted by Crippen LogP contribution is -2.70. The Kier molecular flexibility index (Phi) is 65.7. The average Bonchev–Trinajstić information content (AvgIpc) is 0.751. The van der Waals surface area contributed by atoms with Gasteiger partial charge in [0, 0.05) is 19.8 Å². The van der Waals surface area contributed by atoms with Crippen LogP contribution in [0.1, 0.15) is 425 Å². The minimum Gasteiger partial charge on any atom is -0.477 e. The number of allylic oxidation sites excluding steroid dienone is 2. The van der Waals surface area contributed by atoms with Gasteiger partial charge >= 0.3 is 5.97 Å². The van der Waals surface area contributed by atoms with E-state index in [0.717, 1.165) is 58.3 Å². The van der Waals surface area contributed by atoms with Crippen molar-refractivity contribution < 1.29 is 104 Å². The van der Waals surface area contributed by atoms with Crippen molar-refractivity contribution in [1.82, 2.24) is 10.6 Å². The molecule has 0 aliphatic carbocycles. The van der Waals surface area contributed by atoms with Gasteiger partial charge in [-0.2, -0.15) is 0 Å². The van der Waals surface area contributed by atoms with Crippen LogP contribution in [0.25, 0.3) is 0 Å². The van der Waals surface area contributed by atoms with E-state index in [4.69, 9.17) is 28.4 Å². The molecule has 0 radical (unpaired) electrons. The van der Waals surface area contributed by atoms with Crippen LogP contribution in [-0.2, 0) is 42.8 Å². The van der Waals surface area contributed by atoms with Crippen LogP contribution < -0.4 is 10.6 Å². The Labute approximate surface area is 702 Å². The second-order valence-electron chi connectivity index (χ2n) is 34.9. The number of aliphatic hydroxyl groups excluding tert-OH is 11. The Morgan fingerprint density at radius 2 is 0.802 bits per heavy atom. The fourth-order valence-corrected chi connectivity index (χ4v) is 17.0. The normalized spacial score (nSPS) is 24.9. The predicted molar refractivity (Wildman–Crippen MR) is 458 cm³/mol. The van der Waals surface area contributed by atoms with E-state index in [0.29, 0.717) is 19.3 Å². The molecule has 3 rings (SSSR count). The minimum absolute atomic E-state index is 0.228. The van der Waals surface area contributed by atoms with Gasteiger partial charge < -0.3 is 100 Å². The highest BCUT2D eigenvalue weighted by Crippen LogP contribution is 2.39. The zero-order valence-corrected chi connectivity index (χ0v) is 73.4. The molecule has 0 aromatic rings. The third kappa shape index (κ3) is 48.5. The number of aliphatic hydroxyl groups is 11. The highest BCUT2D eigenvalue weighted by atomic mass is 16.8. The SMILES string of the molecule is CCCCCCCCCCCCCCCCCCCC/C=C\CCCCCCCCCCCCCCCCCCCC(=O)NC(COC1OC(CO)C(OC2OC(CO)C(O)C(OC3(C(=O)O)CC(O)C(NC(C)=O)C(C(O)C(O)CO)O3)C2O)C(O)C1O)C(O)CCCCCCCCCCCCCCCCCCCCCCCCC. The van der Waals surface area contributed by atoms with Gasteiger partial charge in [-0.3, -0.25) is 9.59 Å². The summed E-state index contributed by atoms with van der Waals surface area (Å²) in [5.41, 5.74) is 0. The van der Waals surface area contributed by atoms with Crippen molar-refractivity contribution >= 4 is 17.8 Å². The Balaban J connectivity index is 1.39. The van der Waals surface area contributed by atoms with Crippen LogP contribution in [0.2, 0.25) is 0 Å². The van der Waals surface area contributed by atoms with Crippen LogP contribution in [0.5, 0.6) is 0 Å². The Bertz CT molecular complexity index is 2330. The fraction of sp³-hybridized carbons (Fsp3) is 0.946. The van der Waals surface area contributed by atoms with Crippen molar-refractivity contribution in [2.75, 3.05) is 26.4 Å². The van der Waals surface area contributed by atoms with Crippen molar-refractivity contribution in [2.24, 2.45) is 0 Å². The first-order valence-corrected chi connectivity index (χ1v) is 48.0. The molecule has 3 fully saturated rings. The summed E-state index contributed by atoms with van der Waals surface area (Å²) < 4.78 is 35.1. The number of rotatable bonds is 79. The van der Waals surface area contributed by atoms with E-state index in [1.165, 1.54) is 321 Å². The van der Waals surface area contributed by atoms with Crippen molar-refractivity contribution in [2.45, 2.75) is 535 Å². The van der Waals surface area contributed by atoms with Gasteiger partial charge in [0.1, 0.15) is 67.1 Å². The number of hydrogen-bond donors (Lipinski definition) is 14. The summed E-state index contributed by atoms with van der Waals surface area (Å²) in [6.07, 6.45) is 53.8. The van der Waals surface area contributed by atoms with Gasteiger partial charge in [-0.25, -0.2) is 4.79 Å². The molecule has 23 heteroatoms. The second kappa shape index (κ2) is 70.8. The number of carboxylic acid groups (broad SMARTS) is 1. The first-order chi connectivity index (χ1) is 56.4. The average molecular weight is 1660 g/mol. The van der Waals surface area contributed by atoms with E-state index in [9.17, 15) is 75.7 Å². The Morgan fingerprint density at radius 3 is 1.16 bits per heavy atom. The molecule has 3 saturated heterocycles. The highest BCUT2D eigenvalue weighted by Gasteiger charge is 2.60. The summed E-state index contributed by atoms with van der Waals surface area (Å²) in [6.45, 7) is 2.30. The summed E-state index contributed by atoms with van der Waals surface area (Å²) in [7, 11) is 0. The Hall–Kier alpha value is -2.53. The summed E-state index contributed by atoms with van der Waals surface area (Å²) in [5, 5.41) is 137. The molecule has 0 saturated carbocycles. The number of unbranched alkanes of at least 4 members (excludes halogenated alkanes) is 57. The van der Waals surface area contributed by atoms with Crippen molar-refractivity contribution in [3.8, 4) is 0 Å². The smallest absolute Gasteiger partial charge is 0.364 e. The predicted octanol–water partition coefficient (Wildman–Crippen LogP) is 16.4. The van der Waals surface area contributed by atoms with E-state index in [1.807, 2.05) is 0 Å². The van der Waals surface area contributed by atoms with Gasteiger partial charge in [0.25, 0.3) is 5.79 Å². The van der Waals surface area contributed by atoms with Crippen LogP contribution in [0.15, 0.2) is 12.2 Å². The molecule has 116 heavy (non-hydrogen) atoms. The van der Waals surface area contributed by atoms with Crippen molar-refractivity contribution in [3.05, 3.63) is 12.2 Å². The summed E-state index contributed by atoms with van der Waals surface area (Å²) in [4.78, 5) is 38.8. The van der Waals surface area contributed by atoms with Gasteiger partial charge in [-0.15, -0.1) is 0 Å². The molecule has 14 N–H and O–H groups in total. The third-order valence-electron chi connectivity index (χ3n) is 24.5. The van der Waals surface area contributed by atoms with Crippen LogP contribution in [0.3, 0.4) is 0 Å². The molecule has 3 heterocycles. The van der Waals surface area contributed by atoms with Crippen LogP contribution in [0, 0.1) is 0 Å². The lowest BCUT2D eigenvalue weighted by atomic mass is 9.88. The van der Waals surface area contributed by atoms with Crippen molar-refractivity contribution in [3.63, 3.8) is 0 Å². The number of hydrogen-bond acceptors (Lipinski definition) is 20. The first-order valence-electron chi connectivity index (χ1n) is 48.0. The zero-order valence-electron chi connectivity index (χ0n) is 73.4. The minimum atomic E-state index is -3.08. The molecule has 0 spiro atoms. The topological polar surface area (TPSA) is 373 Å². The number of ether oxygens (including phenoxy) is 6. The largest absolute Gasteiger partial charge is 0.477 e. The molecule has 23 nitrogen and oxygen atoms in total. The molecular weight excluding hydrogens is 1480 g/mol. The molecule has 18 unspecified atom stereocenters. The van der Waals surface area contributed by atoms with Crippen LogP contribution in [0.4, 0.5) is 0 Å². The standard InChI is InChI=1S/C93H176N2O21/c1-4-6-8-10-12-14-16-18-20-22-24-26-28-29-30-31-32-33-34-35-36-37-38-39-40-41-42-43-45-47-49-51-53-55-57-59-61-63-65-67-80(103)95-74(75(100)66-64-62-60-58-56-54-52-50-48-46-44-27-25-23-21-19-17-15-13-11-9-7-5-2)72-111-90-85(107)84(106)87(79(71-98)113-90)114-91-86(108)89(83(105)78(70-97)112-91)116-93(92(109)110)68-76(101)81(94-73(3)99)88(115-93)82(104)77(102)69-96/h35-36,74-79,81-91,96-98,100-102,104-108H,4-34,37-72H2,1-3H3,(H,94,99)(H,95,103)(H,109,110)/b36-35-. The number of carboxylic acids is 1. The van der Waals surface area contributed by atoms with E-state index in [-0.39, 0.29) is 18.9 Å². The maximum absolute atomic E-state index is 13.6. The molecular formula is C93H176N2O21. The van der Waals surface area contributed by atoms with E-state index in [2.05, 4.69) is 36.6 Å². The fourth-order valence-electron chi connectivity index (χ4n) is 17.0. The van der Waals surface area contributed by atoms with Gasteiger partial charge in [0.15, 0.2) is 12.6 Å². The highest BCUT2D eigenvalue weighted by molar-refractivity contribution is 5.77. The Morgan fingerprint density at radius 1 is 0.440 bits per heavy atom. The van der Waals surface area contributed by atoms with E-state index >= 15 is 0 Å². The number of carbonyl (C=O) groups excluding carboxylic acids is 2. The summed E-state index contributed by atoms with van der Waals surface area (Å²) >= 11 is 0. The molecule has 2 amide bonds. The molecule has 0 aromatic carbocycles. The van der Waals surface area contributed by atoms with Crippen LogP contribution in [-0.4, -0.2) is 215 Å². The van der Waals surface area contributed by atoms with E-state index in [1.54, 1.807) is 0 Å². The van der Waals surface area contributed by atoms with E-state index < -0.39 is 148 Å². The summed E-state index contributed by atoms with van der Waals surface area (Å²) in [6, 6.07) is -2.53. The summed E-state index contributed by atoms with van der Waals surface area (Å²) in [5.74, 6) is -6.09. The second-order valence-corrected chi connectivity index (χ2v) is 34.9. The molecule has 3 aliphatic rings. The number of carbonyl (C=O) groups is 3. The zero-order chi connectivity index (χ0) is 84.5. The lowest BCUT2D eigenvalue weighted by molar-refractivity contribution is -0.386. The van der Waals surface area contributed by atoms with Gasteiger partial charge in [-0.05, 0) is 38.5 Å². The molecule has 684 valence electrons. The number of amides is 2. The molecule has 0 bridgehead atoms. The monoisotopic (exact) mass is 1660 g/mol. The van der Waals surface area contributed by atoms with Crippen LogP contribution >= 0.6 is 0 Å². The maximum atomic E-state index is 13.6. The first kappa shape index (κ1) is 108. The molecule has 0 aromatic heterocycles. The number of aliphatic carboxylic acids is 1. The van der Waals surface area contributed by atoms with Gasteiger partial charge in [0.2, 0.25) is 11.8 Å². The lowest BCUT2D eigenvalue weighted by Gasteiger charge is -2.50. The van der Waals surface area contributed by atoms with Gasteiger partial charge in [-0.1, -0.05) is 379 Å². The maximum Gasteiger partial charge on any atom is 0.364 e.